The van der Waals surface area contributed by atoms with Crippen molar-refractivity contribution in [3.05, 3.63) is 78.0 Å². The minimum Gasteiger partial charge on any atom is -0.489 e. The van der Waals surface area contributed by atoms with Crippen LogP contribution in [0.15, 0.2) is 66.9 Å². The lowest BCUT2D eigenvalue weighted by Gasteiger charge is -2.26. The van der Waals surface area contributed by atoms with Crippen LogP contribution < -0.4 is 20.3 Å². The van der Waals surface area contributed by atoms with E-state index in [4.69, 9.17) is 4.74 Å². The first-order valence-electron chi connectivity index (χ1n) is 9.19. The Bertz CT molecular complexity index is 1040. The van der Waals surface area contributed by atoms with E-state index in [1.165, 1.54) is 11.1 Å². The molecule has 2 amide bonds. The molecule has 2 heterocycles. The van der Waals surface area contributed by atoms with Crippen LogP contribution in [0, 0.1) is 0 Å². The maximum Gasteiger partial charge on any atom is 0.257 e. The van der Waals surface area contributed by atoms with Crippen molar-refractivity contribution < 1.29 is 14.3 Å². The number of likely N-dealkylation sites (N-methyl/N-ethyl adjacent to an activating group) is 1. The zero-order valence-electron chi connectivity index (χ0n) is 15.9. The van der Waals surface area contributed by atoms with Gasteiger partial charge in [0.1, 0.15) is 18.2 Å². The van der Waals surface area contributed by atoms with E-state index in [0.29, 0.717) is 35.1 Å². The molecular weight excluding hydrogens is 368 g/mol. The van der Waals surface area contributed by atoms with Gasteiger partial charge in [0.15, 0.2) is 0 Å². The van der Waals surface area contributed by atoms with E-state index < -0.39 is 0 Å². The number of pyridine rings is 1. The Balaban J connectivity index is 1.40. The third-order valence-corrected chi connectivity index (χ3v) is 4.63. The van der Waals surface area contributed by atoms with Crippen LogP contribution in [0.25, 0.3) is 0 Å². The highest BCUT2D eigenvalue weighted by molar-refractivity contribution is 6.07. The highest BCUT2D eigenvalue weighted by Gasteiger charge is 2.22. The van der Waals surface area contributed by atoms with Crippen LogP contribution >= 0.6 is 0 Å². The molecule has 4 rings (SSSR count). The number of carbonyl (C=O) groups excluding carboxylic acids is 2. The zero-order chi connectivity index (χ0) is 20.2. The van der Waals surface area contributed by atoms with Gasteiger partial charge in [-0.3, -0.25) is 9.59 Å². The second kappa shape index (κ2) is 8.02. The number of rotatable bonds is 5. The van der Waals surface area contributed by atoms with E-state index in [0.717, 1.165) is 5.56 Å². The molecule has 1 aromatic heterocycles. The molecule has 2 aromatic carbocycles. The van der Waals surface area contributed by atoms with Gasteiger partial charge in [-0.25, -0.2) is 4.98 Å². The summed E-state index contributed by atoms with van der Waals surface area (Å²) in [5, 5.41) is 5.77. The maximum absolute atomic E-state index is 12.6. The highest BCUT2D eigenvalue weighted by Crippen LogP contribution is 2.27. The second-order valence-electron chi connectivity index (χ2n) is 6.65. The number of anilines is 3. The Labute approximate surface area is 168 Å². The van der Waals surface area contributed by atoms with Gasteiger partial charge in [0.05, 0.1) is 17.8 Å². The lowest BCUT2D eigenvalue weighted by molar-refractivity contribution is -0.116. The maximum atomic E-state index is 12.6. The monoisotopic (exact) mass is 388 g/mol. The molecule has 7 heteroatoms. The summed E-state index contributed by atoms with van der Waals surface area (Å²) < 4.78 is 5.75. The number of amides is 2. The van der Waals surface area contributed by atoms with E-state index >= 15 is 0 Å². The van der Waals surface area contributed by atoms with Crippen molar-refractivity contribution in [2.75, 3.05) is 29.1 Å². The van der Waals surface area contributed by atoms with Gasteiger partial charge in [-0.15, -0.1) is 0 Å². The van der Waals surface area contributed by atoms with Gasteiger partial charge < -0.3 is 20.3 Å². The largest absolute Gasteiger partial charge is 0.489 e. The van der Waals surface area contributed by atoms with Crippen molar-refractivity contribution >= 4 is 29.0 Å². The minimum absolute atomic E-state index is 0.0806. The molecule has 29 heavy (non-hydrogen) atoms. The summed E-state index contributed by atoms with van der Waals surface area (Å²) >= 11 is 0. The number of ether oxygens (including phenoxy) is 1. The quantitative estimate of drug-likeness (QED) is 0.701. The average molecular weight is 388 g/mol. The Hall–Kier alpha value is -3.87. The van der Waals surface area contributed by atoms with Crippen molar-refractivity contribution in [3.63, 3.8) is 0 Å². The van der Waals surface area contributed by atoms with E-state index in [1.54, 1.807) is 37.4 Å². The van der Waals surface area contributed by atoms with Crippen molar-refractivity contribution in [1.29, 1.82) is 0 Å². The normalized spacial score (nSPS) is 12.7. The molecule has 0 radical (unpaired) electrons. The zero-order valence-corrected chi connectivity index (χ0v) is 15.9. The van der Waals surface area contributed by atoms with Gasteiger partial charge in [0.25, 0.3) is 5.91 Å². The Kier molecular flexibility index (Phi) is 5.11. The Morgan fingerprint density at radius 1 is 1.17 bits per heavy atom. The fraction of sp³-hybridized carbons (Fsp3) is 0.136. The van der Waals surface area contributed by atoms with Gasteiger partial charge in [-0.2, -0.15) is 0 Å². The van der Waals surface area contributed by atoms with Crippen molar-refractivity contribution in [2.24, 2.45) is 0 Å². The molecule has 0 aliphatic carbocycles. The number of benzene rings is 2. The Morgan fingerprint density at radius 3 is 2.69 bits per heavy atom. The molecular formula is C22H20N4O3. The van der Waals surface area contributed by atoms with Crippen molar-refractivity contribution in [2.45, 2.75) is 6.61 Å². The number of nitrogens with zero attached hydrogens (tertiary/aromatic N) is 2. The van der Waals surface area contributed by atoms with Gasteiger partial charge in [0.2, 0.25) is 5.91 Å². The molecule has 146 valence electrons. The summed E-state index contributed by atoms with van der Waals surface area (Å²) in [6.45, 7) is 0.675. The Morgan fingerprint density at radius 2 is 1.93 bits per heavy atom. The molecule has 2 N–H and O–H groups in total. The van der Waals surface area contributed by atoms with Gasteiger partial charge in [0, 0.05) is 18.9 Å². The first kappa shape index (κ1) is 18.5. The summed E-state index contributed by atoms with van der Waals surface area (Å²) in [6.07, 6.45) is 1.49. The standard InChI is InChI=1S/C22H20N4O3/c1-26-19-11-16(12-23-21(19)24-13-20(26)27)22(28)25-17-7-9-18(10-8-17)29-14-15-5-3-2-4-6-15/h2-12H,13-14H2,1H3,(H,23,24)(H,25,28). The number of hydrogen-bond acceptors (Lipinski definition) is 5. The molecule has 1 aliphatic heterocycles. The molecule has 0 bridgehead atoms. The molecule has 3 aromatic rings. The first-order valence-corrected chi connectivity index (χ1v) is 9.19. The van der Waals surface area contributed by atoms with Crippen LogP contribution in [0.2, 0.25) is 0 Å². The summed E-state index contributed by atoms with van der Waals surface area (Å²) in [5.74, 6) is 0.921. The van der Waals surface area contributed by atoms with Gasteiger partial charge in [-0.05, 0) is 35.9 Å². The minimum atomic E-state index is -0.301. The SMILES string of the molecule is CN1C(=O)CNc2ncc(C(=O)Nc3ccc(OCc4ccccc4)cc3)cc21. The molecule has 0 saturated carbocycles. The van der Waals surface area contributed by atoms with E-state index in [1.807, 2.05) is 30.3 Å². The molecule has 0 unspecified atom stereocenters. The average Bonchev–Trinajstić information content (AvgIpc) is 2.76. The number of carbonyl (C=O) groups is 2. The summed E-state index contributed by atoms with van der Waals surface area (Å²) in [6, 6.07) is 18.7. The molecule has 0 spiro atoms. The molecule has 0 atom stereocenters. The molecule has 1 aliphatic rings. The molecule has 0 fully saturated rings. The van der Waals surface area contributed by atoms with Gasteiger partial charge >= 0.3 is 0 Å². The predicted octanol–water partition coefficient (Wildman–Crippen LogP) is 3.30. The van der Waals surface area contributed by atoms with Crippen LogP contribution in [-0.4, -0.2) is 30.4 Å². The number of fused-ring (bicyclic) bond motifs is 1. The summed E-state index contributed by atoms with van der Waals surface area (Å²) in [4.78, 5) is 30.1. The summed E-state index contributed by atoms with van der Waals surface area (Å²) in [5.41, 5.74) is 2.68. The first-order chi connectivity index (χ1) is 14.1. The highest BCUT2D eigenvalue weighted by atomic mass is 16.5. The topological polar surface area (TPSA) is 83.6 Å². The third-order valence-electron chi connectivity index (χ3n) is 4.63. The fourth-order valence-corrected chi connectivity index (χ4v) is 2.96. The second-order valence-corrected chi connectivity index (χ2v) is 6.65. The summed E-state index contributed by atoms with van der Waals surface area (Å²) in [7, 11) is 1.67. The molecule has 0 saturated heterocycles. The predicted molar refractivity (Wildman–Crippen MR) is 111 cm³/mol. The third kappa shape index (κ3) is 4.19. The van der Waals surface area contributed by atoms with Crippen LogP contribution in [-0.2, 0) is 11.4 Å². The van der Waals surface area contributed by atoms with Crippen molar-refractivity contribution in [3.8, 4) is 5.75 Å². The lowest BCUT2D eigenvalue weighted by atomic mass is 10.2. The van der Waals surface area contributed by atoms with Crippen molar-refractivity contribution in [1.82, 2.24) is 4.98 Å². The van der Waals surface area contributed by atoms with Crippen LogP contribution in [0.3, 0.4) is 0 Å². The molecule has 7 nitrogen and oxygen atoms in total. The van der Waals surface area contributed by atoms with Gasteiger partial charge in [-0.1, -0.05) is 30.3 Å². The smallest absolute Gasteiger partial charge is 0.257 e. The lowest BCUT2D eigenvalue weighted by Crippen LogP contribution is -2.37. The van der Waals surface area contributed by atoms with Crippen LogP contribution in [0.1, 0.15) is 15.9 Å². The number of aromatic nitrogens is 1. The number of nitrogens with one attached hydrogen (secondary N) is 2. The van der Waals surface area contributed by atoms with Crippen LogP contribution in [0.4, 0.5) is 17.2 Å². The number of hydrogen-bond donors (Lipinski definition) is 2. The fourth-order valence-electron chi connectivity index (χ4n) is 2.96. The van der Waals surface area contributed by atoms with E-state index in [9.17, 15) is 9.59 Å². The van der Waals surface area contributed by atoms with Crippen LogP contribution in [0.5, 0.6) is 5.75 Å². The van der Waals surface area contributed by atoms with E-state index in [-0.39, 0.29) is 18.4 Å². The van der Waals surface area contributed by atoms with E-state index in [2.05, 4.69) is 15.6 Å².